The largest absolute Gasteiger partial charge is 0.481 e. The third-order valence-electron chi connectivity index (χ3n) is 9.26. The Balaban J connectivity index is 1.37. The van der Waals surface area contributed by atoms with E-state index in [0.29, 0.717) is 68.8 Å². The number of hydrogen-bond acceptors (Lipinski definition) is 6. The van der Waals surface area contributed by atoms with E-state index in [1.54, 1.807) is 6.07 Å². The molecule has 7 nitrogen and oxygen atoms in total. The van der Waals surface area contributed by atoms with Crippen LogP contribution < -0.4 is 10.6 Å². The average molecular weight is 691 g/mol. The number of anilines is 1. The van der Waals surface area contributed by atoms with Gasteiger partial charge in [0.1, 0.15) is 9.84 Å². The highest BCUT2D eigenvalue weighted by molar-refractivity contribution is 7.99. The predicted molar refractivity (Wildman–Crippen MR) is 160 cm³/mol. The first kappa shape index (κ1) is 34.1. The van der Waals surface area contributed by atoms with Crippen LogP contribution in [0.3, 0.4) is 0 Å². The summed E-state index contributed by atoms with van der Waals surface area (Å²) in [6.45, 7) is 0. The number of halogens is 6. The highest BCUT2D eigenvalue weighted by Crippen LogP contribution is 2.52. The highest BCUT2D eigenvalue weighted by Gasteiger charge is 2.53. The fourth-order valence-electron chi connectivity index (χ4n) is 6.62. The monoisotopic (exact) mass is 690 g/mol. The van der Waals surface area contributed by atoms with Gasteiger partial charge in [-0.1, -0.05) is 23.9 Å². The van der Waals surface area contributed by atoms with E-state index in [0.717, 1.165) is 24.3 Å². The van der Waals surface area contributed by atoms with Crippen LogP contribution in [-0.4, -0.2) is 48.5 Å². The van der Waals surface area contributed by atoms with Gasteiger partial charge in [-0.05, 0) is 87.3 Å². The second-order valence-electron chi connectivity index (χ2n) is 12.3. The number of fused-ring (bicyclic) bond motifs is 3. The zero-order valence-corrected chi connectivity index (χ0v) is 26.1. The van der Waals surface area contributed by atoms with Crippen LogP contribution in [-0.2, 0) is 31.8 Å². The van der Waals surface area contributed by atoms with Crippen molar-refractivity contribution in [3.05, 3.63) is 59.2 Å². The summed E-state index contributed by atoms with van der Waals surface area (Å²) in [6.07, 6.45) is -6.38. The molecule has 0 atom stereocenters. The lowest BCUT2D eigenvalue weighted by molar-refractivity contribution is -0.163. The molecule has 3 saturated carbocycles. The summed E-state index contributed by atoms with van der Waals surface area (Å²) < 4.78 is 109. The lowest BCUT2D eigenvalue weighted by Gasteiger charge is -2.51. The molecule has 0 aromatic heterocycles. The van der Waals surface area contributed by atoms with Crippen molar-refractivity contribution >= 4 is 45.2 Å². The average Bonchev–Trinajstić information content (AvgIpc) is 2.97. The second kappa shape index (κ2) is 12.4. The molecule has 1 aliphatic heterocycles. The number of carboxylic acid groups (broad SMARTS) is 1. The van der Waals surface area contributed by atoms with Gasteiger partial charge in [-0.3, -0.25) is 9.59 Å². The quantitative estimate of drug-likeness (QED) is 0.199. The van der Waals surface area contributed by atoms with Gasteiger partial charge in [0.2, 0.25) is 5.91 Å². The van der Waals surface area contributed by atoms with E-state index >= 15 is 0 Å². The number of carboxylic acids is 1. The number of carbonyl (C=O) groups is 2. The molecule has 4 fully saturated rings. The molecule has 3 N–H and O–H groups in total. The Morgan fingerprint density at radius 1 is 0.891 bits per heavy atom. The topological polar surface area (TPSA) is 113 Å². The number of amides is 1. The first-order valence-electron chi connectivity index (χ1n) is 14.7. The third-order valence-corrected chi connectivity index (χ3v) is 12.0. The maximum absolute atomic E-state index is 14.3. The van der Waals surface area contributed by atoms with Crippen molar-refractivity contribution in [2.45, 2.75) is 85.1 Å². The Labute approximate surface area is 266 Å². The maximum atomic E-state index is 14.3. The fraction of sp³-hybridized carbons (Fsp3) is 0.484. The van der Waals surface area contributed by atoms with E-state index in [-0.39, 0.29) is 22.4 Å². The summed E-state index contributed by atoms with van der Waals surface area (Å²) in [4.78, 5) is 24.0. The van der Waals surface area contributed by atoms with Crippen molar-refractivity contribution in [3.63, 3.8) is 0 Å². The molecule has 0 unspecified atom stereocenters. The zero-order valence-electron chi connectivity index (χ0n) is 24.4. The smallest absolute Gasteiger partial charge is 0.418 e. The van der Waals surface area contributed by atoms with E-state index in [1.807, 2.05) is 0 Å². The van der Waals surface area contributed by atoms with Gasteiger partial charge in [0, 0.05) is 33.1 Å². The summed E-state index contributed by atoms with van der Waals surface area (Å²) in [5.74, 6) is -1.65. The minimum absolute atomic E-state index is 0.00498. The minimum atomic E-state index is -5.41. The molecular weight excluding hydrogens is 658 g/mol. The Bertz CT molecular complexity index is 1620. The van der Waals surface area contributed by atoms with Gasteiger partial charge >= 0.3 is 18.3 Å². The number of alkyl halides is 6. The van der Waals surface area contributed by atoms with Gasteiger partial charge in [-0.2, -0.15) is 26.3 Å². The number of nitrogens with one attached hydrogen (secondary N) is 2. The summed E-state index contributed by atoms with van der Waals surface area (Å²) >= 11 is 0.511. The summed E-state index contributed by atoms with van der Waals surface area (Å²) in [5, 5.41) is 15.5. The Kier molecular flexibility index (Phi) is 9.23. The van der Waals surface area contributed by atoms with Crippen LogP contribution in [0.25, 0.3) is 6.08 Å². The molecule has 1 saturated heterocycles. The Hall–Kier alpha value is -3.20. The van der Waals surface area contributed by atoms with Crippen LogP contribution in [0.4, 0.5) is 32.0 Å². The van der Waals surface area contributed by atoms with Crippen LogP contribution in [0.1, 0.15) is 68.1 Å². The van der Waals surface area contributed by atoms with E-state index in [2.05, 4.69) is 10.6 Å². The van der Waals surface area contributed by atoms with E-state index in [1.165, 1.54) is 18.2 Å². The SMILES string of the molecule is O=C(C=Cc1ccc(Sc2cccc(NC3CCS(=O)(=O)CC3)c2)c(C(F)(F)F)c1C(F)(F)F)NC12CCC(C(=O)O)(CC1)CC2. The van der Waals surface area contributed by atoms with Crippen molar-refractivity contribution in [2.24, 2.45) is 5.41 Å². The van der Waals surface area contributed by atoms with Crippen molar-refractivity contribution < 1.29 is 49.5 Å². The molecule has 2 aromatic carbocycles. The molecule has 3 aliphatic carbocycles. The second-order valence-corrected chi connectivity index (χ2v) is 15.7. The fourth-order valence-corrected chi connectivity index (χ4v) is 9.15. The Morgan fingerprint density at radius 3 is 2.07 bits per heavy atom. The van der Waals surface area contributed by atoms with Crippen LogP contribution in [0.2, 0.25) is 0 Å². The minimum Gasteiger partial charge on any atom is -0.481 e. The van der Waals surface area contributed by atoms with Crippen LogP contribution in [0, 0.1) is 5.41 Å². The van der Waals surface area contributed by atoms with Crippen molar-refractivity contribution in [1.29, 1.82) is 0 Å². The number of hydrogen-bond donors (Lipinski definition) is 3. The third kappa shape index (κ3) is 7.50. The number of carbonyl (C=O) groups excluding carboxylic acids is 1. The summed E-state index contributed by atoms with van der Waals surface area (Å²) in [7, 11) is -3.11. The predicted octanol–water partition coefficient (Wildman–Crippen LogP) is 7.17. The van der Waals surface area contributed by atoms with E-state index in [4.69, 9.17) is 0 Å². The van der Waals surface area contributed by atoms with Crippen LogP contribution in [0.15, 0.2) is 52.3 Å². The first-order chi connectivity index (χ1) is 21.4. The molecule has 1 heterocycles. The number of rotatable bonds is 8. The van der Waals surface area contributed by atoms with Crippen LogP contribution >= 0.6 is 11.8 Å². The van der Waals surface area contributed by atoms with Gasteiger partial charge < -0.3 is 15.7 Å². The molecule has 0 radical (unpaired) electrons. The highest BCUT2D eigenvalue weighted by atomic mass is 32.2. The molecule has 0 spiro atoms. The number of sulfone groups is 1. The molecule has 4 aliphatic rings. The van der Waals surface area contributed by atoms with E-state index < -0.39 is 66.6 Å². The molecular formula is C31H32F6N2O5S2. The summed E-state index contributed by atoms with van der Waals surface area (Å²) in [6, 6.07) is 7.80. The lowest BCUT2D eigenvalue weighted by atomic mass is 9.57. The van der Waals surface area contributed by atoms with Crippen molar-refractivity contribution in [3.8, 4) is 0 Å². The number of benzene rings is 2. The molecule has 6 rings (SSSR count). The molecule has 1 amide bonds. The zero-order chi connectivity index (χ0) is 33.5. The number of aliphatic carboxylic acids is 1. The molecule has 2 aromatic rings. The molecule has 15 heteroatoms. The van der Waals surface area contributed by atoms with Gasteiger partial charge in [0.05, 0.1) is 28.0 Å². The summed E-state index contributed by atoms with van der Waals surface area (Å²) in [5.41, 5.74) is -5.65. The lowest BCUT2D eigenvalue weighted by Crippen LogP contribution is -2.58. The Morgan fingerprint density at radius 2 is 1.50 bits per heavy atom. The molecule has 250 valence electrons. The van der Waals surface area contributed by atoms with Crippen molar-refractivity contribution in [1.82, 2.24) is 5.32 Å². The standard InChI is InChI=1S/C31H32F6N2O5S2/c32-30(33,34)25-19(5-7-24(40)39-29-13-10-28(11-14-29,12-15-29)27(41)42)4-6-23(26(25)31(35,36)37)45-22-3-1-2-21(18-22)38-20-8-16-46(43,44)17-9-20/h1-7,18,20,38H,8-17H2,(H,39,40)(H,41,42). The van der Waals surface area contributed by atoms with Gasteiger partial charge in [-0.15, -0.1) is 0 Å². The van der Waals surface area contributed by atoms with E-state index in [9.17, 15) is 49.5 Å². The van der Waals surface area contributed by atoms with Crippen LogP contribution in [0.5, 0.6) is 0 Å². The van der Waals surface area contributed by atoms with Gasteiger partial charge in [0.15, 0.2) is 0 Å². The molecule has 46 heavy (non-hydrogen) atoms. The maximum Gasteiger partial charge on any atom is 0.418 e. The van der Waals surface area contributed by atoms with Crippen molar-refractivity contribution in [2.75, 3.05) is 16.8 Å². The first-order valence-corrected chi connectivity index (χ1v) is 17.3. The normalized spacial score (nSPS) is 25.0. The van der Waals surface area contributed by atoms with Gasteiger partial charge in [0.25, 0.3) is 0 Å². The molecule has 2 bridgehead atoms. The van der Waals surface area contributed by atoms with Gasteiger partial charge in [-0.25, -0.2) is 8.42 Å².